The Hall–Kier alpha value is -3.79. The van der Waals surface area contributed by atoms with E-state index < -0.39 is 28.4 Å². The van der Waals surface area contributed by atoms with Crippen LogP contribution >= 0.6 is 22.6 Å². The molecule has 0 radical (unpaired) electrons. The SMILES string of the molecule is O=C(/C=C/c1ccccc1)C1=C(O)C(=O)N(c2ccc(I)cc2)[C@@H]1c1ccccc1[N+](=O)[O-]. The molecule has 0 fully saturated rings. The zero-order valence-electron chi connectivity index (χ0n) is 17.1. The molecular weight excluding hydrogens is 535 g/mol. The summed E-state index contributed by atoms with van der Waals surface area (Å²) in [6, 6.07) is 20.7. The van der Waals surface area contributed by atoms with Crippen molar-refractivity contribution < 1.29 is 19.6 Å². The zero-order valence-corrected chi connectivity index (χ0v) is 19.2. The molecule has 164 valence electrons. The number of nitrogens with zero attached hydrogens (tertiary/aromatic N) is 2. The lowest BCUT2D eigenvalue weighted by Gasteiger charge is -2.26. The second-order valence-electron chi connectivity index (χ2n) is 7.24. The largest absolute Gasteiger partial charge is 0.503 e. The van der Waals surface area contributed by atoms with Gasteiger partial charge in [-0.05, 0) is 64.6 Å². The van der Waals surface area contributed by atoms with Crippen LogP contribution in [0.5, 0.6) is 0 Å². The van der Waals surface area contributed by atoms with E-state index in [-0.39, 0.29) is 16.8 Å². The number of carbonyl (C=O) groups is 2. The number of carbonyl (C=O) groups excluding carboxylic acids is 2. The van der Waals surface area contributed by atoms with Crippen molar-refractivity contribution in [2.75, 3.05) is 4.90 Å². The Labute approximate surface area is 203 Å². The normalized spacial score (nSPS) is 16.0. The van der Waals surface area contributed by atoms with Crippen molar-refractivity contribution >= 4 is 51.7 Å². The van der Waals surface area contributed by atoms with Crippen molar-refractivity contribution in [1.82, 2.24) is 0 Å². The van der Waals surface area contributed by atoms with E-state index in [0.717, 1.165) is 9.13 Å². The molecule has 8 heteroatoms. The molecular formula is C25H17IN2O5. The molecule has 1 heterocycles. The van der Waals surface area contributed by atoms with Crippen LogP contribution in [0.25, 0.3) is 6.08 Å². The van der Waals surface area contributed by atoms with E-state index in [2.05, 4.69) is 22.6 Å². The van der Waals surface area contributed by atoms with Crippen LogP contribution in [0.4, 0.5) is 11.4 Å². The van der Waals surface area contributed by atoms with E-state index in [4.69, 9.17) is 0 Å². The highest BCUT2D eigenvalue weighted by molar-refractivity contribution is 14.1. The number of benzene rings is 3. The highest BCUT2D eigenvalue weighted by atomic mass is 127. The van der Waals surface area contributed by atoms with E-state index in [0.29, 0.717) is 5.69 Å². The molecule has 4 rings (SSSR count). The standard InChI is InChI=1S/C25H17IN2O5/c26-17-11-13-18(14-12-17)27-23(19-8-4-5-9-20(19)28(32)33)22(24(30)25(27)31)21(29)15-10-16-6-2-1-3-7-16/h1-15,23,30H/b15-10+/t23-/m1/s1. The van der Waals surface area contributed by atoms with Gasteiger partial charge in [0.05, 0.1) is 16.1 Å². The van der Waals surface area contributed by atoms with Gasteiger partial charge in [0.2, 0.25) is 0 Å². The third-order valence-electron chi connectivity index (χ3n) is 5.23. The monoisotopic (exact) mass is 552 g/mol. The lowest BCUT2D eigenvalue weighted by atomic mass is 9.94. The summed E-state index contributed by atoms with van der Waals surface area (Å²) in [7, 11) is 0. The first-order valence-corrected chi connectivity index (χ1v) is 11.0. The second kappa shape index (κ2) is 9.37. The molecule has 0 bridgehead atoms. The Kier molecular flexibility index (Phi) is 6.36. The molecule has 0 saturated carbocycles. The van der Waals surface area contributed by atoms with Crippen LogP contribution in [-0.2, 0) is 9.59 Å². The molecule has 1 amide bonds. The summed E-state index contributed by atoms with van der Waals surface area (Å²) in [5, 5.41) is 22.5. The highest BCUT2D eigenvalue weighted by Crippen LogP contribution is 2.44. The van der Waals surface area contributed by atoms with Gasteiger partial charge in [0.25, 0.3) is 11.6 Å². The maximum atomic E-state index is 13.2. The van der Waals surface area contributed by atoms with E-state index in [1.54, 1.807) is 48.5 Å². The lowest BCUT2D eigenvalue weighted by molar-refractivity contribution is -0.385. The highest BCUT2D eigenvalue weighted by Gasteiger charge is 2.46. The van der Waals surface area contributed by atoms with Gasteiger partial charge in [0, 0.05) is 15.3 Å². The summed E-state index contributed by atoms with van der Waals surface area (Å²) in [6.45, 7) is 0. The van der Waals surface area contributed by atoms with E-state index in [1.807, 2.05) is 18.2 Å². The lowest BCUT2D eigenvalue weighted by Crippen LogP contribution is -2.31. The predicted molar refractivity (Wildman–Crippen MR) is 133 cm³/mol. The van der Waals surface area contributed by atoms with Crippen LogP contribution in [0.3, 0.4) is 0 Å². The summed E-state index contributed by atoms with van der Waals surface area (Å²) in [5.74, 6) is -2.13. The number of aliphatic hydroxyl groups excluding tert-OH is 1. The molecule has 0 saturated heterocycles. The minimum atomic E-state index is -1.16. The van der Waals surface area contributed by atoms with Crippen LogP contribution in [-0.4, -0.2) is 21.7 Å². The number of nitro benzene ring substituents is 1. The van der Waals surface area contributed by atoms with Crippen molar-refractivity contribution in [1.29, 1.82) is 0 Å². The van der Waals surface area contributed by atoms with Crippen molar-refractivity contribution in [3.05, 3.63) is 121 Å². The maximum absolute atomic E-state index is 13.2. The average molecular weight is 552 g/mol. The third kappa shape index (κ3) is 4.42. The molecule has 1 aliphatic heterocycles. The van der Waals surface area contributed by atoms with Crippen LogP contribution < -0.4 is 4.90 Å². The van der Waals surface area contributed by atoms with Gasteiger partial charge in [-0.15, -0.1) is 0 Å². The topological polar surface area (TPSA) is 101 Å². The van der Waals surface area contributed by atoms with Gasteiger partial charge in [-0.1, -0.05) is 48.5 Å². The smallest absolute Gasteiger partial charge is 0.294 e. The number of hydrogen-bond donors (Lipinski definition) is 1. The number of para-hydroxylation sites is 1. The van der Waals surface area contributed by atoms with Crippen molar-refractivity contribution in [3.8, 4) is 0 Å². The van der Waals surface area contributed by atoms with Gasteiger partial charge in [0.1, 0.15) is 6.04 Å². The van der Waals surface area contributed by atoms with Gasteiger partial charge in [-0.25, -0.2) is 0 Å². The number of allylic oxidation sites excluding steroid dienone is 1. The fourth-order valence-corrected chi connectivity index (χ4v) is 4.09. The summed E-state index contributed by atoms with van der Waals surface area (Å²) >= 11 is 2.12. The Morgan fingerprint density at radius 1 is 1.00 bits per heavy atom. The molecule has 7 nitrogen and oxygen atoms in total. The molecule has 3 aromatic carbocycles. The molecule has 33 heavy (non-hydrogen) atoms. The van der Waals surface area contributed by atoms with Gasteiger partial charge in [-0.2, -0.15) is 0 Å². The summed E-state index contributed by atoms with van der Waals surface area (Å²) in [4.78, 5) is 38.7. The van der Waals surface area contributed by atoms with Crippen molar-refractivity contribution in [2.45, 2.75) is 6.04 Å². The number of nitro groups is 1. The van der Waals surface area contributed by atoms with E-state index in [1.165, 1.54) is 29.2 Å². The first-order chi connectivity index (χ1) is 15.9. The number of aliphatic hydroxyl groups is 1. The maximum Gasteiger partial charge on any atom is 0.294 e. The number of amides is 1. The average Bonchev–Trinajstić information content (AvgIpc) is 3.09. The first kappa shape index (κ1) is 22.4. The minimum absolute atomic E-state index is 0.134. The molecule has 1 aliphatic rings. The summed E-state index contributed by atoms with van der Waals surface area (Å²) in [6.07, 6.45) is 2.82. The van der Waals surface area contributed by atoms with E-state index in [9.17, 15) is 24.8 Å². The fraction of sp³-hybridized carbons (Fsp3) is 0.0400. The van der Waals surface area contributed by atoms with Crippen LogP contribution in [0.2, 0.25) is 0 Å². The van der Waals surface area contributed by atoms with Crippen LogP contribution in [0.1, 0.15) is 17.2 Å². The molecule has 0 aromatic heterocycles. The third-order valence-corrected chi connectivity index (χ3v) is 5.95. The number of hydrogen-bond acceptors (Lipinski definition) is 5. The Morgan fingerprint density at radius 3 is 2.30 bits per heavy atom. The minimum Gasteiger partial charge on any atom is -0.503 e. The summed E-state index contributed by atoms with van der Waals surface area (Å²) < 4.78 is 0.921. The van der Waals surface area contributed by atoms with Gasteiger partial charge in [-0.3, -0.25) is 24.6 Å². The van der Waals surface area contributed by atoms with Crippen LogP contribution in [0.15, 0.2) is 96.3 Å². The number of anilines is 1. The van der Waals surface area contributed by atoms with Gasteiger partial charge in [0.15, 0.2) is 11.5 Å². The van der Waals surface area contributed by atoms with E-state index >= 15 is 0 Å². The molecule has 0 spiro atoms. The first-order valence-electron chi connectivity index (χ1n) is 9.91. The number of ketones is 1. The fourth-order valence-electron chi connectivity index (χ4n) is 3.73. The predicted octanol–water partition coefficient (Wildman–Crippen LogP) is 5.38. The molecule has 1 N–H and O–H groups in total. The quantitative estimate of drug-likeness (QED) is 0.192. The summed E-state index contributed by atoms with van der Waals surface area (Å²) in [5.41, 5.74) is 0.838. The van der Waals surface area contributed by atoms with Crippen LogP contribution in [0, 0.1) is 13.7 Å². The second-order valence-corrected chi connectivity index (χ2v) is 8.49. The zero-order chi connectivity index (χ0) is 23.5. The Bertz CT molecular complexity index is 1300. The molecule has 0 unspecified atom stereocenters. The van der Waals surface area contributed by atoms with Crippen molar-refractivity contribution in [3.63, 3.8) is 0 Å². The van der Waals surface area contributed by atoms with Gasteiger partial charge >= 0.3 is 0 Å². The van der Waals surface area contributed by atoms with Gasteiger partial charge < -0.3 is 5.11 Å². The Morgan fingerprint density at radius 2 is 1.64 bits per heavy atom. The Balaban J connectivity index is 1.85. The number of rotatable bonds is 6. The van der Waals surface area contributed by atoms with Crippen molar-refractivity contribution in [2.24, 2.45) is 0 Å². The number of halogens is 1. The molecule has 0 aliphatic carbocycles. The molecule has 1 atom stereocenters. The molecule has 3 aromatic rings.